The van der Waals surface area contributed by atoms with Crippen molar-refractivity contribution in [2.24, 2.45) is 0 Å². The minimum atomic E-state index is -0.00972. The van der Waals surface area contributed by atoms with Gasteiger partial charge in [0.1, 0.15) is 11.4 Å². The lowest BCUT2D eigenvalue weighted by atomic mass is 10.1. The molecule has 0 aliphatic rings. The van der Waals surface area contributed by atoms with E-state index in [2.05, 4.69) is 4.98 Å². The quantitative estimate of drug-likeness (QED) is 0.528. The number of carbonyl (C=O) groups excluding carboxylic acids is 1. The van der Waals surface area contributed by atoms with Crippen LogP contribution in [0.4, 0.5) is 0 Å². The van der Waals surface area contributed by atoms with Crippen LogP contribution < -0.4 is 4.74 Å². The van der Waals surface area contributed by atoms with Gasteiger partial charge in [-0.2, -0.15) is 0 Å². The van der Waals surface area contributed by atoms with Crippen LogP contribution in [-0.4, -0.2) is 31.6 Å². The number of carbonyl (C=O) groups is 1. The van der Waals surface area contributed by atoms with Gasteiger partial charge in [0, 0.05) is 26.3 Å². The summed E-state index contributed by atoms with van der Waals surface area (Å²) >= 11 is 0. The van der Waals surface area contributed by atoms with E-state index in [1.807, 2.05) is 0 Å². The highest BCUT2D eigenvalue weighted by atomic mass is 16.5. The Morgan fingerprint density at radius 1 is 1.47 bits per heavy atom. The van der Waals surface area contributed by atoms with Crippen molar-refractivity contribution in [1.82, 2.24) is 4.98 Å². The highest BCUT2D eigenvalue weighted by Gasteiger charge is 2.12. The number of hydrogen-bond donors (Lipinski definition) is 0. The van der Waals surface area contributed by atoms with Gasteiger partial charge in [0.2, 0.25) is 0 Å². The zero-order valence-electron chi connectivity index (χ0n) is 9.03. The van der Waals surface area contributed by atoms with Crippen molar-refractivity contribution in [3.05, 3.63) is 24.0 Å². The summed E-state index contributed by atoms with van der Waals surface area (Å²) < 4.78 is 9.94. The van der Waals surface area contributed by atoms with Crippen LogP contribution >= 0.6 is 0 Å². The fraction of sp³-hybridized carbons (Fsp3) is 0.455. The molecule has 4 nitrogen and oxygen atoms in total. The zero-order chi connectivity index (χ0) is 11.1. The lowest BCUT2D eigenvalue weighted by Crippen LogP contribution is -2.05. The van der Waals surface area contributed by atoms with E-state index in [1.54, 1.807) is 25.4 Å². The number of methoxy groups -OCH3 is 2. The summed E-state index contributed by atoms with van der Waals surface area (Å²) in [4.78, 5) is 15.7. The molecule has 0 saturated heterocycles. The first-order chi connectivity index (χ1) is 7.29. The molecule has 0 atom stereocenters. The number of pyridine rings is 1. The van der Waals surface area contributed by atoms with Gasteiger partial charge in [-0.25, -0.2) is 4.98 Å². The van der Waals surface area contributed by atoms with Crippen molar-refractivity contribution in [2.45, 2.75) is 12.8 Å². The fourth-order valence-electron chi connectivity index (χ4n) is 1.26. The van der Waals surface area contributed by atoms with E-state index < -0.39 is 0 Å². The molecular formula is C11H15NO3. The van der Waals surface area contributed by atoms with E-state index in [4.69, 9.17) is 9.47 Å². The third kappa shape index (κ3) is 3.32. The molecule has 1 aromatic rings. The smallest absolute Gasteiger partial charge is 0.185 e. The Balaban J connectivity index is 2.64. The molecule has 15 heavy (non-hydrogen) atoms. The van der Waals surface area contributed by atoms with Crippen LogP contribution in [-0.2, 0) is 4.74 Å². The van der Waals surface area contributed by atoms with Crippen LogP contribution in [0.3, 0.4) is 0 Å². The van der Waals surface area contributed by atoms with Crippen molar-refractivity contribution >= 4 is 5.78 Å². The van der Waals surface area contributed by atoms with Crippen molar-refractivity contribution < 1.29 is 14.3 Å². The zero-order valence-corrected chi connectivity index (χ0v) is 9.03. The molecule has 0 radical (unpaired) electrons. The maximum atomic E-state index is 11.7. The standard InChI is InChI=1S/C11H15NO3/c1-14-8-4-5-9(13)11-10(15-2)6-3-7-12-11/h3,6-7H,4-5,8H2,1-2H3. The average Bonchev–Trinajstić information content (AvgIpc) is 2.29. The Labute approximate surface area is 89.2 Å². The maximum Gasteiger partial charge on any atom is 0.185 e. The van der Waals surface area contributed by atoms with Crippen molar-refractivity contribution in [1.29, 1.82) is 0 Å². The minimum absolute atomic E-state index is 0.00972. The molecular weight excluding hydrogens is 194 g/mol. The SMILES string of the molecule is COCCCC(=O)c1ncccc1OC. The monoisotopic (exact) mass is 209 g/mol. The molecule has 0 bridgehead atoms. The van der Waals surface area contributed by atoms with Crippen molar-refractivity contribution in [3.8, 4) is 5.75 Å². The molecule has 0 aromatic carbocycles. The second kappa shape index (κ2) is 6.14. The van der Waals surface area contributed by atoms with Gasteiger partial charge in [0.15, 0.2) is 5.78 Å². The molecule has 0 aliphatic heterocycles. The topological polar surface area (TPSA) is 48.4 Å². The number of Topliss-reactive ketones (excluding diaryl/α,β-unsaturated/α-hetero) is 1. The molecule has 0 saturated carbocycles. The van der Waals surface area contributed by atoms with Gasteiger partial charge in [-0.3, -0.25) is 4.79 Å². The van der Waals surface area contributed by atoms with Gasteiger partial charge in [0.05, 0.1) is 7.11 Å². The van der Waals surface area contributed by atoms with E-state index in [0.717, 1.165) is 0 Å². The van der Waals surface area contributed by atoms with Crippen LogP contribution in [0.15, 0.2) is 18.3 Å². The molecule has 1 aromatic heterocycles. The van der Waals surface area contributed by atoms with Gasteiger partial charge in [-0.05, 0) is 18.6 Å². The number of nitrogens with zero attached hydrogens (tertiary/aromatic N) is 1. The summed E-state index contributed by atoms with van der Waals surface area (Å²) in [6, 6.07) is 3.47. The first kappa shape index (κ1) is 11.7. The van der Waals surface area contributed by atoms with Crippen LogP contribution in [0.2, 0.25) is 0 Å². The maximum absolute atomic E-state index is 11.7. The third-order valence-corrected chi connectivity index (χ3v) is 2.01. The predicted octanol–water partition coefficient (Wildman–Crippen LogP) is 1.70. The Hall–Kier alpha value is -1.42. The van der Waals surface area contributed by atoms with Crippen LogP contribution in [0.1, 0.15) is 23.3 Å². The summed E-state index contributed by atoms with van der Waals surface area (Å²) in [5, 5.41) is 0. The Bertz CT molecular complexity index is 325. The van der Waals surface area contributed by atoms with E-state index >= 15 is 0 Å². The lowest BCUT2D eigenvalue weighted by Gasteiger charge is -2.05. The first-order valence-electron chi connectivity index (χ1n) is 4.80. The highest BCUT2D eigenvalue weighted by molar-refractivity contribution is 5.96. The molecule has 1 rings (SSSR count). The van der Waals surface area contributed by atoms with Gasteiger partial charge < -0.3 is 9.47 Å². The van der Waals surface area contributed by atoms with Crippen LogP contribution in [0.5, 0.6) is 5.75 Å². The average molecular weight is 209 g/mol. The van der Waals surface area contributed by atoms with Crippen molar-refractivity contribution in [2.75, 3.05) is 20.8 Å². The summed E-state index contributed by atoms with van der Waals surface area (Å²) in [5.41, 5.74) is 0.399. The second-order valence-corrected chi connectivity index (χ2v) is 3.07. The van der Waals surface area contributed by atoms with Gasteiger partial charge >= 0.3 is 0 Å². The van der Waals surface area contributed by atoms with Crippen molar-refractivity contribution in [3.63, 3.8) is 0 Å². The summed E-state index contributed by atoms with van der Waals surface area (Å²) in [7, 11) is 3.15. The Morgan fingerprint density at radius 2 is 2.27 bits per heavy atom. The normalized spacial score (nSPS) is 10.0. The second-order valence-electron chi connectivity index (χ2n) is 3.07. The van der Waals surface area contributed by atoms with Gasteiger partial charge in [-0.15, -0.1) is 0 Å². The van der Waals surface area contributed by atoms with E-state index in [9.17, 15) is 4.79 Å². The van der Waals surface area contributed by atoms with Gasteiger partial charge in [-0.1, -0.05) is 0 Å². The molecule has 0 fully saturated rings. The lowest BCUT2D eigenvalue weighted by molar-refractivity contribution is 0.0955. The van der Waals surface area contributed by atoms with E-state index in [-0.39, 0.29) is 5.78 Å². The number of ether oxygens (including phenoxy) is 2. The van der Waals surface area contributed by atoms with E-state index in [1.165, 1.54) is 7.11 Å². The highest BCUT2D eigenvalue weighted by Crippen LogP contribution is 2.16. The number of rotatable bonds is 6. The van der Waals surface area contributed by atoms with E-state index in [0.29, 0.717) is 30.9 Å². The molecule has 1 heterocycles. The van der Waals surface area contributed by atoms with Gasteiger partial charge in [0.25, 0.3) is 0 Å². The van der Waals surface area contributed by atoms with Crippen LogP contribution in [0.25, 0.3) is 0 Å². The number of hydrogen-bond acceptors (Lipinski definition) is 4. The molecule has 0 aliphatic carbocycles. The molecule has 4 heteroatoms. The number of ketones is 1. The summed E-state index contributed by atoms with van der Waals surface area (Å²) in [5.74, 6) is 0.518. The Kier molecular flexibility index (Phi) is 4.77. The molecule has 0 spiro atoms. The number of aromatic nitrogens is 1. The Morgan fingerprint density at radius 3 is 2.93 bits per heavy atom. The predicted molar refractivity (Wildman–Crippen MR) is 56.2 cm³/mol. The molecule has 82 valence electrons. The van der Waals surface area contributed by atoms with Crippen LogP contribution in [0, 0.1) is 0 Å². The summed E-state index contributed by atoms with van der Waals surface area (Å²) in [6.07, 6.45) is 2.72. The fourth-order valence-corrected chi connectivity index (χ4v) is 1.26. The molecule has 0 unspecified atom stereocenters. The molecule has 0 N–H and O–H groups in total. The molecule has 0 amide bonds. The first-order valence-corrected chi connectivity index (χ1v) is 4.80. The summed E-state index contributed by atoms with van der Waals surface area (Å²) in [6.45, 7) is 0.584. The third-order valence-electron chi connectivity index (χ3n) is 2.01. The largest absolute Gasteiger partial charge is 0.494 e. The minimum Gasteiger partial charge on any atom is -0.494 e.